The number of allylic oxidation sites excluding steroid dienone is 3. The van der Waals surface area contributed by atoms with Crippen molar-refractivity contribution in [3.8, 4) is 0 Å². The van der Waals surface area contributed by atoms with E-state index >= 15 is 4.39 Å². The lowest BCUT2D eigenvalue weighted by atomic mass is 9.63. The van der Waals surface area contributed by atoms with Gasteiger partial charge in [0.25, 0.3) is 0 Å². The predicted molar refractivity (Wildman–Crippen MR) is 123 cm³/mol. The maximum absolute atomic E-state index is 15.1. The number of alkyl halides is 3. The summed E-state index contributed by atoms with van der Waals surface area (Å²) >= 11 is 5.59. The van der Waals surface area contributed by atoms with Crippen LogP contribution in [0.25, 0.3) is 6.08 Å². The van der Waals surface area contributed by atoms with Crippen molar-refractivity contribution >= 4 is 41.0 Å². The van der Waals surface area contributed by atoms with E-state index in [0.717, 1.165) is 29.5 Å². The van der Waals surface area contributed by atoms with Crippen molar-refractivity contribution in [1.82, 2.24) is 0 Å². The fourth-order valence-corrected chi connectivity index (χ4v) is 6.39. The molecule has 3 fully saturated rings. The monoisotopic (exact) mass is 515 g/mol. The van der Waals surface area contributed by atoms with E-state index in [1.54, 1.807) is 0 Å². The Morgan fingerprint density at radius 3 is 2.19 bits per heavy atom. The standard InChI is InChI=1S/C27H18ClF4NO3/c28-19-6-3-13(10-18(19)27(30,31)32)22(34)8-2-12-1-7-21(20(29)9-12)33-25(35)23-14-4-5-15(17-11-16(14)17)24(23)26(33)36/h1-10,14-17,23-24H,11H2/b8-2+/t14?,15?,16?,17?,23-,24?/m1/s1. The molecule has 2 aromatic carbocycles. The Morgan fingerprint density at radius 2 is 1.61 bits per heavy atom. The lowest BCUT2D eigenvalue weighted by Gasteiger charge is -2.37. The van der Waals surface area contributed by atoms with Gasteiger partial charge in [0, 0.05) is 5.56 Å². The molecule has 0 spiro atoms. The molecular formula is C27H18ClF4NO3. The Labute approximate surface area is 208 Å². The molecule has 1 saturated heterocycles. The third kappa shape index (κ3) is 3.45. The summed E-state index contributed by atoms with van der Waals surface area (Å²) in [6.45, 7) is 0. The van der Waals surface area contributed by atoms with Gasteiger partial charge in [-0.2, -0.15) is 13.2 Å². The molecule has 5 aliphatic rings. The Bertz CT molecular complexity index is 1360. The number of imide groups is 1. The minimum Gasteiger partial charge on any atom is -0.289 e. The van der Waals surface area contributed by atoms with Gasteiger partial charge in [0.2, 0.25) is 11.8 Å². The molecule has 1 aliphatic heterocycles. The fraction of sp³-hybridized carbons (Fsp3) is 0.296. The normalized spacial score (nSPS) is 30.2. The van der Waals surface area contributed by atoms with Crippen molar-refractivity contribution in [2.75, 3.05) is 4.90 Å². The second kappa shape index (κ2) is 7.87. The summed E-state index contributed by atoms with van der Waals surface area (Å²) in [5, 5.41) is -0.521. The maximum Gasteiger partial charge on any atom is 0.417 e. The zero-order valence-electron chi connectivity index (χ0n) is 18.5. The van der Waals surface area contributed by atoms with Crippen LogP contribution in [0.4, 0.5) is 23.2 Å². The summed E-state index contributed by atoms with van der Waals surface area (Å²) in [7, 11) is 0. The Morgan fingerprint density at radius 1 is 0.972 bits per heavy atom. The molecule has 2 amide bonds. The fourth-order valence-electron chi connectivity index (χ4n) is 6.17. The first-order chi connectivity index (χ1) is 17.1. The second-order valence-electron chi connectivity index (χ2n) is 9.77. The molecule has 6 atom stereocenters. The van der Waals surface area contributed by atoms with Crippen molar-refractivity contribution in [2.24, 2.45) is 35.5 Å². The topological polar surface area (TPSA) is 54.5 Å². The van der Waals surface area contributed by atoms with Crippen LogP contribution < -0.4 is 4.90 Å². The van der Waals surface area contributed by atoms with E-state index in [9.17, 15) is 27.6 Å². The van der Waals surface area contributed by atoms with Gasteiger partial charge >= 0.3 is 6.18 Å². The van der Waals surface area contributed by atoms with Gasteiger partial charge in [-0.25, -0.2) is 9.29 Å². The number of nitrogens with zero attached hydrogens (tertiary/aromatic N) is 1. The van der Waals surface area contributed by atoms with Gasteiger partial charge in [-0.1, -0.05) is 35.9 Å². The number of anilines is 1. The number of benzene rings is 2. The average Bonchev–Trinajstić information content (AvgIpc) is 3.61. The van der Waals surface area contributed by atoms with E-state index in [2.05, 4.69) is 0 Å². The summed E-state index contributed by atoms with van der Waals surface area (Å²) in [5.41, 5.74) is -1.24. The van der Waals surface area contributed by atoms with Crippen molar-refractivity contribution in [2.45, 2.75) is 12.6 Å². The Kier molecular flexibility index (Phi) is 5.06. The highest BCUT2D eigenvalue weighted by Crippen LogP contribution is 2.65. The molecule has 2 bridgehead atoms. The van der Waals surface area contributed by atoms with Gasteiger partial charge in [-0.3, -0.25) is 14.4 Å². The number of hydrogen-bond acceptors (Lipinski definition) is 3. The SMILES string of the molecule is O=C(/C=C/c1ccc(N2C(=O)C3C4C=CC(C5CC45)[C@H]3C2=O)c(F)c1)c1ccc(Cl)c(C(F)(F)F)c1. The summed E-state index contributed by atoms with van der Waals surface area (Å²) < 4.78 is 54.3. The quantitative estimate of drug-likeness (QED) is 0.166. The molecule has 0 radical (unpaired) electrons. The van der Waals surface area contributed by atoms with Crippen molar-refractivity contribution < 1.29 is 31.9 Å². The molecule has 0 N–H and O–H groups in total. The smallest absolute Gasteiger partial charge is 0.289 e. The van der Waals surface area contributed by atoms with Crippen LogP contribution in [-0.2, 0) is 15.8 Å². The van der Waals surface area contributed by atoms with Crippen LogP contribution in [0.15, 0.2) is 54.6 Å². The van der Waals surface area contributed by atoms with E-state index in [1.165, 1.54) is 24.3 Å². The molecule has 1 heterocycles. The molecule has 184 valence electrons. The van der Waals surface area contributed by atoms with Gasteiger partial charge in [0.05, 0.1) is 28.1 Å². The van der Waals surface area contributed by atoms with Crippen LogP contribution in [0, 0.1) is 41.3 Å². The highest BCUT2D eigenvalue weighted by Gasteiger charge is 2.67. The van der Waals surface area contributed by atoms with Crippen molar-refractivity contribution in [3.63, 3.8) is 0 Å². The van der Waals surface area contributed by atoms with Gasteiger partial charge in [-0.15, -0.1) is 0 Å². The van der Waals surface area contributed by atoms with Crippen LogP contribution in [-0.4, -0.2) is 17.6 Å². The van der Waals surface area contributed by atoms with Gasteiger partial charge < -0.3 is 0 Å². The molecule has 2 aromatic rings. The van der Waals surface area contributed by atoms with Crippen LogP contribution in [0.2, 0.25) is 5.02 Å². The van der Waals surface area contributed by atoms with E-state index in [0.29, 0.717) is 17.9 Å². The lowest BCUT2D eigenvalue weighted by molar-refractivity contribution is -0.137. The highest BCUT2D eigenvalue weighted by atomic mass is 35.5. The highest BCUT2D eigenvalue weighted by molar-refractivity contribution is 6.31. The second-order valence-corrected chi connectivity index (χ2v) is 10.2. The van der Waals surface area contributed by atoms with Gasteiger partial charge in [0.15, 0.2) is 5.78 Å². The molecule has 5 unspecified atom stereocenters. The maximum atomic E-state index is 15.1. The van der Waals surface area contributed by atoms with Gasteiger partial charge in [0.1, 0.15) is 5.82 Å². The minimum atomic E-state index is -4.71. The van der Waals surface area contributed by atoms with Crippen LogP contribution in [0.5, 0.6) is 0 Å². The van der Waals surface area contributed by atoms with E-state index in [4.69, 9.17) is 11.6 Å². The summed E-state index contributed by atoms with van der Waals surface area (Å²) in [6, 6.07) is 6.66. The van der Waals surface area contributed by atoms with Crippen LogP contribution >= 0.6 is 11.6 Å². The molecule has 4 aliphatic carbocycles. The Hall–Kier alpha value is -3.26. The van der Waals surface area contributed by atoms with Gasteiger partial charge in [-0.05, 0) is 72.1 Å². The van der Waals surface area contributed by atoms with Crippen LogP contribution in [0.1, 0.15) is 27.9 Å². The molecular weight excluding hydrogens is 498 g/mol. The summed E-state index contributed by atoms with van der Waals surface area (Å²) in [4.78, 5) is 39.7. The lowest BCUT2D eigenvalue weighted by Crippen LogP contribution is -2.40. The summed E-state index contributed by atoms with van der Waals surface area (Å²) in [6.07, 6.45) is 2.66. The number of halogens is 5. The molecule has 9 heteroatoms. The first kappa shape index (κ1) is 23.2. The molecule has 2 saturated carbocycles. The molecule has 36 heavy (non-hydrogen) atoms. The van der Waals surface area contributed by atoms with E-state index in [-0.39, 0.29) is 40.5 Å². The number of carbonyl (C=O) groups excluding carboxylic acids is 3. The summed E-state index contributed by atoms with van der Waals surface area (Å²) in [5.74, 6) is -2.28. The average molecular weight is 516 g/mol. The first-order valence-electron chi connectivity index (χ1n) is 11.5. The van der Waals surface area contributed by atoms with Crippen molar-refractivity contribution in [3.05, 3.63) is 82.2 Å². The number of carbonyl (C=O) groups is 3. The number of ketones is 1. The minimum absolute atomic E-state index is 0.0217. The first-order valence-corrected chi connectivity index (χ1v) is 11.9. The number of amides is 2. The molecule has 0 aromatic heterocycles. The van der Waals surface area contributed by atoms with E-state index < -0.39 is 40.2 Å². The Balaban J connectivity index is 1.22. The van der Waals surface area contributed by atoms with E-state index in [1.807, 2.05) is 12.2 Å². The third-order valence-electron chi connectivity index (χ3n) is 7.86. The zero-order valence-corrected chi connectivity index (χ0v) is 19.3. The van der Waals surface area contributed by atoms with Crippen LogP contribution in [0.3, 0.4) is 0 Å². The van der Waals surface area contributed by atoms with Crippen molar-refractivity contribution in [1.29, 1.82) is 0 Å². The number of hydrogen-bond donors (Lipinski definition) is 0. The molecule has 7 rings (SSSR count). The third-order valence-corrected chi connectivity index (χ3v) is 8.19. The zero-order chi connectivity index (χ0) is 25.5. The predicted octanol–water partition coefficient (Wildman–Crippen LogP) is 5.95. The molecule has 4 nitrogen and oxygen atoms in total. The largest absolute Gasteiger partial charge is 0.417 e. The number of rotatable bonds is 4.